The lowest BCUT2D eigenvalue weighted by Gasteiger charge is -2.04. The third-order valence-corrected chi connectivity index (χ3v) is 1.51. The summed E-state index contributed by atoms with van der Waals surface area (Å²) in [5.41, 5.74) is -1.13. The Bertz CT molecular complexity index is 301. The van der Waals surface area contributed by atoms with Gasteiger partial charge in [-0.2, -0.15) is 0 Å². The zero-order chi connectivity index (χ0) is 10.7. The third kappa shape index (κ3) is 2.19. The number of nitrogens with zero attached hydrogens (tertiary/aromatic N) is 3. The normalized spacial score (nSPS) is 11.6. The van der Waals surface area contributed by atoms with E-state index in [4.69, 9.17) is 5.11 Å². The molecule has 14 heavy (non-hydrogen) atoms. The van der Waals surface area contributed by atoms with Crippen LogP contribution >= 0.6 is 0 Å². The van der Waals surface area contributed by atoms with E-state index in [0.29, 0.717) is 4.68 Å². The third-order valence-electron chi connectivity index (χ3n) is 1.51. The largest absolute Gasteiger partial charge is 0.390 e. The number of aliphatic hydroxyl groups excluding tert-OH is 1. The van der Waals surface area contributed by atoms with Crippen LogP contribution in [-0.4, -0.2) is 26.5 Å². The molecule has 0 amide bonds. The SMILES string of the molecule is OCc1nnn(CC(F)F)c1C(F)F. The van der Waals surface area contributed by atoms with E-state index in [1.807, 2.05) is 0 Å². The molecule has 1 aromatic heterocycles. The number of hydrogen-bond acceptors (Lipinski definition) is 3. The van der Waals surface area contributed by atoms with Crippen molar-refractivity contribution in [1.29, 1.82) is 0 Å². The number of aromatic nitrogens is 3. The average molecular weight is 213 g/mol. The molecule has 8 heteroatoms. The Morgan fingerprint density at radius 3 is 2.36 bits per heavy atom. The smallest absolute Gasteiger partial charge is 0.282 e. The van der Waals surface area contributed by atoms with Gasteiger partial charge < -0.3 is 5.11 Å². The van der Waals surface area contributed by atoms with Crippen LogP contribution in [0.5, 0.6) is 0 Å². The summed E-state index contributed by atoms with van der Waals surface area (Å²) in [6, 6.07) is 0. The van der Waals surface area contributed by atoms with Crippen LogP contribution in [0.2, 0.25) is 0 Å². The maximum atomic E-state index is 12.3. The fraction of sp³-hybridized carbons (Fsp3) is 0.667. The first-order valence-corrected chi connectivity index (χ1v) is 3.65. The molecule has 1 rings (SSSR count). The summed E-state index contributed by atoms with van der Waals surface area (Å²) in [4.78, 5) is 0. The Hall–Kier alpha value is -1.18. The molecule has 0 fully saturated rings. The Kier molecular flexibility index (Phi) is 3.39. The zero-order valence-electron chi connectivity index (χ0n) is 6.87. The molecule has 4 nitrogen and oxygen atoms in total. The lowest BCUT2D eigenvalue weighted by Crippen LogP contribution is -2.12. The quantitative estimate of drug-likeness (QED) is 0.758. The molecule has 0 radical (unpaired) electrons. The van der Waals surface area contributed by atoms with E-state index in [0.717, 1.165) is 0 Å². The topological polar surface area (TPSA) is 50.9 Å². The first-order valence-electron chi connectivity index (χ1n) is 3.65. The molecular formula is C6H7F4N3O. The van der Waals surface area contributed by atoms with Crippen molar-refractivity contribution in [3.63, 3.8) is 0 Å². The predicted octanol–water partition coefficient (Wildman–Crippen LogP) is 0.973. The van der Waals surface area contributed by atoms with Crippen LogP contribution in [0, 0.1) is 0 Å². The highest BCUT2D eigenvalue weighted by Crippen LogP contribution is 2.21. The molecule has 80 valence electrons. The van der Waals surface area contributed by atoms with Gasteiger partial charge in [0.05, 0.1) is 6.61 Å². The van der Waals surface area contributed by atoms with Crippen molar-refractivity contribution in [1.82, 2.24) is 15.0 Å². The first kappa shape index (κ1) is 10.9. The van der Waals surface area contributed by atoms with E-state index in [-0.39, 0.29) is 5.69 Å². The standard InChI is InChI=1S/C6H7F4N3O/c7-4(8)1-13-5(6(9)10)3(2-14)11-12-13/h4,6,14H,1-2H2. The Morgan fingerprint density at radius 2 is 1.93 bits per heavy atom. The summed E-state index contributed by atoms with van der Waals surface area (Å²) in [7, 11) is 0. The van der Waals surface area contributed by atoms with E-state index in [1.54, 1.807) is 0 Å². The van der Waals surface area contributed by atoms with Crippen LogP contribution in [0.15, 0.2) is 0 Å². The van der Waals surface area contributed by atoms with Crippen LogP contribution in [0.3, 0.4) is 0 Å². The van der Waals surface area contributed by atoms with E-state index in [2.05, 4.69) is 10.3 Å². The predicted molar refractivity (Wildman–Crippen MR) is 36.9 cm³/mol. The van der Waals surface area contributed by atoms with Gasteiger partial charge in [0, 0.05) is 0 Å². The molecule has 0 aliphatic heterocycles. The number of hydrogen-bond donors (Lipinski definition) is 1. The molecule has 0 aliphatic carbocycles. The van der Waals surface area contributed by atoms with Crippen LogP contribution in [0.25, 0.3) is 0 Å². The fourth-order valence-electron chi connectivity index (χ4n) is 0.973. The summed E-state index contributed by atoms with van der Waals surface area (Å²) < 4.78 is 48.8. The Balaban J connectivity index is 2.98. The molecule has 0 atom stereocenters. The van der Waals surface area contributed by atoms with Gasteiger partial charge in [0.25, 0.3) is 12.9 Å². The highest BCUT2D eigenvalue weighted by atomic mass is 19.3. The summed E-state index contributed by atoms with van der Waals surface area (Å²) in [5, 5.41) is 14.8. The molecule has 0 spiro atoms. The fourth-order valence-corrected chi connectivity index (χ4v) is 0.973. The summed E-state index contributed by atoms with van der Waals surface area (Å²) in [5.74, 6) is 0. The molecule has 0 aliphatic rings. The average Bonchev–Trinajstić information content (AvgIpc) is 2.46. The molecule has 0 saturated carbocycles. The van der Waals surface area contributed by atoms with Gasteiger partial charge in [-0.05, 0) is 0 Å². The highest BCUT2D eigenvalue weighted by molar-refractivity contribution is 5.10. The molecule has 1 aromatic rings. The second kappa shape index (κ2) is 4.36. The lowest BCUT2D eigenvalue weighted by molar-refractivity contribution is 0.101. The van der Waals surface area contributed by atoms with Gasteiger partial charge >= 0.3 is 0 Å². The minimum atomic E-state index is -2.98. The molecule has 0 saturated heterocycles. The maximum absolute atomic E-state index is 12.3. The number of rotatable bonds is 4. The van der Waals surface area contributed by atoms with Crippen molar-refractivity contribution in [2.75, 3.05) is 0 Å². The van der Waals surface area contributed by atoms with Crippen LogP contribution in [-0.2, 0) is 13.2 Å². The second-order valence-electron chi connectivity index (χ2n) is 2.45. The van der Waals surface area contributed by atoms with Crippen molar-refractivity contribution < 1.29 is 22.7 Å². The number of halogens is 4. The van der Waals surface area contributed by atoms with Crippen molar-refractivity contribution >= 4 is 0 Å². The van der Waals surface area contributed by atoms with Crippen molar-refractivity contribution in [3.05, 3.63) is 11.4 Å². The van der Waals surface area contributed by atoms with E-state index >= 15 is 0 Å². The summed E-state index contributed by atoms with van der Waals surface area (Å²) in [6.07, 6.45) is -5.77. The summed E-state index contributed by atoms with van der Waals surface area (Å²) in [6.45, 7) is -1.70. The molecule has 1 heterocycles. The molecule has 0 bridgehead atoms. The van der Waals surface area contributed by atoms with Crippen molar-refractivity contribution in [3.8, 4) is 0 Å². The first-order chi connectivity index (χ1) is 6.56. The lowest BCUT2D eigenvalue weighted by atomic mass is 10.3. The minimum Gasteiger partial charge on any atom is -0.390 e. The monoisotopic (exact) mass is 213 g/mol. The van der Waals surface area contributed by atoms with Gasteiger partial charge in [0.2, 0.25) is 0 Å². The van der Waals surface area contributed by atoms with E-state index in [1.165, 1.54) is 0 Å². The van der Waals surface area contributed by atoms with Gasteiger partial charge in [-0.15, -0.1) is 5.10 Å². The summed E-state index contributed by atoms with van der Waals surface area (Å²) >= 11 is 0. The Labute approximate surface area is 76.1 Å². The van der Waals surface area contributed by atoms with E-state index < -0.39 is 31.7 Å². The van der Waals surface area contributed by atoms with Gasteiger partial charge in [-0.1, -0.05) is 5.21 Å². The highest BCUT2D eigenvalue weighted by Gasteiger charge is 2.22. The van der Waals surface area contributed by atoms with Gasteiger partial charge in [-0.25, -0.2) is 22.2 Å². The zero-order valence-corrected chi connectivity index (χ0v) is 6.87. The minimum absolute atomic E-state index is 0.374. The number of alkyl halides is 4. The van der Waals surface area contributed by atoms with Crippen molar-refractivity contribution in [2.24, 2.45) is 0 Å². The van der Waals surface area contributed by atoms with Crippen LogP contribution in [0.1, 0.15) is 17.8 Å². The Morgan fingerprint density at radius 1 is 1.29 bits per heavy atom. The van der Waals surface area contributed by atoms with Gasteiger partial charge in [0.1, 0.15) is 17.9 Å². The molecule has 1 N–H and O–H groups in total. The molecule has 0 unspecified atom stereocenters. The van der Waals surface area contributed by atoms with Crippen molar-refractivity contribution in [2.45, 2.75) is 26.0 Å². The molecular weight excluding hydrogens is 206 g/mol. The second-order valence-corrected chi connectivity index (χ2v) is 2.45. The number of aliphatic hydroxyl groups is 1. The van der Waals surface area contributed by atoms with E-state index in [9.17, 15) is 17.6 Å². The maximum Gasteiger partial charge on any atom is 0.282 e. The van der Waals surface area contributed by atoms with Gasteiger partial charge in [0.15, 0.2) is 0 Å². The van der Waals surface area contributed by atoms with Gasteiger partial charge in [-0.3, -0.25) is 0 Å². The van der Waals surface area contributed by atoms with Crippen LogP contribution in [0.4, 0.5) is 17.6 Å². The molecule has 0 aromatic carbocycles. The van der Waals surface area contributed by atoms with Crippen LogP contribution < -0.4 is 0 Å².